The van der Waals surface area contributed by atoms with Gasteiger partial charge in [-0.3, -0.25) is 0 Å². The number of rotatable bonds is 3. The van der Waals surface area contributed by atoms with Crippen LogP contribution in [0.4, 0.5) is 22.0 Å². The average molecular weight is 416 g/mol. The molecule has 0 nitrogen and oxygen atoms in total. The van der Waals surface area contributed by atoms with Gasteiger partial charge >= 0.3 is 0 Å². The average Bonchev–Trinajstić information content (AvgIpc) is 2.67. The molecule has 3 aromatic carbocycles. The summed E-state index contributed by atoms with van der Waals surface area (Å²) in [5.41, 5.74) is 0.211. The van der Waals surface area contributed by atoms with Crippen LogP contribution in [0.25, 0.3) is 22.3 Å². The normalized spacial score (nSPS) is 19.1. The zero-order chi connectivity index (χ0) is 21.4. The topological polar surface area (TPSA) is 0 Å². The Labute approximate surface area is 172 Å². The quantitative estimate of drug-likeness (QED) is 0.379. The molecule has 30 heavy (non-hydrogen) atoms. The van der Waals surface area contributed by atoms with Crippen LogP contribution in [0.5, 0.6) is 0 Å². The summed E-state index contributed by atoms with van der Waals surface area (Å²) < 4.78 is 71.1. The van der Waals surface area contributed by atoms with E-state index in [1.165, 1.54) is 6.07 Å². The summed E-state index contributed by atoms with van der Waals surface area (Å²) in [5, 5.41) is 0. The molecule has 0 aromatic heterocycles. The first kappa shape index (κ1) is 20.6. The Morgan fingerprint density at radius 2 is 1.23 bits per heavy atom. The van der Waals surface area contributed by atoms with Gasteiger partial charge in [0.2, 0.25) is 0 Å². The second-order valence-electron chi connectivity index (χ2n) is 8.17. The minimum atomic E-state index is -1.01. The van der Waals surface area contributed by atoms with Crippen LogP contribution >= 0.6 is 0 Å². The van der Waals surface area contributed by atoms with Gasteiger partial charge in [-0.1, -0.05) is 31.9 Å². The van der Waals surface area contributed by atoms with Crippen molar-refractivity contribution in [2.24, 2.45) is 5.92 Å². The van der Waals surface area contributed by atoms with E-state index < -0.39 is 34.6 Å². The first-order valence-electron chi connectivity index (χ1n) is 10.1. The van der Waals surface area contributed by atoms with Crippen molar-refractivity contribution in [3.63, 3.8) is 0 Å². The van der Waals surface area contributed by atoms with Crippen LogP contribution in [0.3, 0.4) is 0 Å². The Kier molecular flexibility index (Phi) is 5.63. The first-order chi connectivity index (χ1) is 14.3. The Balaban J connectivity index is 1.68. The number of halogens is 5. The molecule has 0 bridgehead atoms. The molecule has 156 valence electrons. The Morgan fingerprint density at radius 3 is 1.80 bits per heavy atom. The van der Waals surface area contributed by atoms with Crippen LogP contribution in [0.1, 0.15) is 44.1 Å². The Hall–Kier alpha value is -2.69. The van der Waals surface area contributed by atoms with Crippen molar-refractivity contribution in [2.45, 2.75) is 38.5 Å². The van der Waals surface area contributed by atoms with Crippen molar-refractivity contribution in [1.82, 2.24) is 0 Å². The van der Waals surface area contributed by atoms with Crippen LogP contribution < -0.4 is 0 Å². The van der Waals surface area contributed by atoms with Gasteiger partial charge in [-0.05, 0) is 71.7 Å². The molecule has 3 aromatic rings. The standard InChI is InChI=1S/C25H21F5/c1-14-2-4-15(5-3-14)16-6-7-21(22(28)10-16)17-11-23(29)25(24(30)12-17)18-8-19(26)13-20(27)9-18/h6-15H,2-5H2,1H3. The van der Waals surface area contributed by atoms with Gasteiger partial charge in [0.15, 0.2) is 0 Å². The van der Waals surface area contributed by atoms with Gasteiger partial charge < -0.3 is 0 Å². The molecule has 1 fully saturated rings. The molecule has 4 rings (SSSR count). The summed E-state index contributed by atoms with van der Waals surface area (Å²) in [7, 11) is 0. The highest BCUT2D eigenvalue weighted by molar-refractivity contribution is 5.72. The van der Waals surface area contributed by atoms with E-state index in [1.54, 1.807) is 6.07 Å². The summed E-state index contributed by atoms with van der Waals surface area (Å²) in [4.78, 5) is 0. The molecule has 0 N–H and O–H groups in total. The van der Waals surface area contributed by atoms with Crippen LogP contribution in [0.2, 0.25) is 0 Å². The van der Waals surface area contributed by atoms with Crippen LogP contribution in [-0.2, 0) is 0 Å². The molecule has 0 aliphatic heterocycles. The van der Waals surface area contributed by atoms with Crippen LogP contribution in [-0.4, -0.2) is 0 Å². The zero-order valence-corrected chi connectivity index (χ0v) is 16.5. The third-order valence-corrected chi connectivity index (χ3v) is 5.98. The van der Waals surface area contributed by atoms with E-state index in [9.17, 15) is 22.0 Å². The third kappa shape index (κ3) is 4.11. The summed E-state index contributed by atoms with van der Waals surface area (Å²) in [5.74, 6) is -3.47. The van der Waals surface area contributed by atoms with Crippen LogP contribution in [0.15, 0.2) is 48.5 Å². The second-order valence-corrected chi connectivity index (χ2v) is 8.17. The molecule has 5 heteroatoms. The van der Waals surface area contributed by atoms with Crippen molar-refractivity contribution < 1.29 is 22.0 Å². The highest BCUT2D eigenvalue weighted by Crippen LogP contribution is 2.38. The smallest absolute Gasteiger partial charge is 0.134 e. The maximum atomic E-state index is 14.8. The van der Waals surface area contributed by atoms with E-state index in [4.69, 9.17) is 0 Å². The van der Waals surface area contributed by atoms with Crippen molar-refractivity contribution in [2.75, 3.05) is 0 Å². The molecule has 0 heterocycles. The molecule has 0 saturated heterocycles. The summed E-state index contributed by atoms with van der Waals surface area (Å²) >= 11 is 0. The minimum absolute atomic E-state index is 0.0342. The summed E-state index contributed by atoms with van der Waals surface area (Å²) in [6.45, 7) is 2.21. The molecular formula is C25H21F5. The van der Waals surface area contributed by atoms with E-state index in [0.717, 1.165) is 55.5 Å². The highest BCUT2D eigenvalue weighted by atomic mass is 19.1. The molecular weight excluding hydrogens is 395 g/mol. The lowest BCUT2D eigenvalue weighted by atomic mass is 9.79. The molecule has 0 spiro atoms. The molecule has 1 aliphatic carbocycles. The van der Waals surface area contributed by atoms with Crippen molar-refractivity contribution in [1.29, 1.82) is 0 Å². The van der Waals surface area contributed by atoms with Gasteiger partial charge in [-0.2, -0.15) is 0 Å². The predicted molar refractivity (Wildman–Crippen MR) is 107 cm³/mol. The third-order valence-electron chi connectivity index (χ3n) is 5.98. The minimum Gasteiger partial charge on any atom is -0.207 e. The van der Waals surface area contributed by atoms with E-state index in [2.05, 4.69) is 6.92 Å². The fraction of sp³-hybridized carbons (Fsp3) is 0.280. The molecule has 0 unspecified atom stereocenters. The molecule has 0 radical (unpaired) electrons. The predicted octanol–water partition coefficient (Wildman–Crippen LogP) is 8.01. The second kappa shape index (κ2) is 8.21. The zero-order valence-electron chi connectivity index (χ0n) is 16.5. The van der Waals surface area contributed by atoms with E-state index >= 15 is 0 Å². The number of benzene rings is 3. The van der Waals surface area contributed by atoms with Crippen molar-refractivity contribution in [3.05, 3.63) is 83.2 Å². The van der Waals surface area contributed by atoms with Crippen molar-refractivity contribution in [3.8, 4) is 22.3 Å². The fourth-order valence-corrected chi connectivity index (χ4v) is 4.32. The maximum absolute atomic E-state index is 14.8. The summed E-state index contributed by atoms with van der Waals surface area (Å²) in [6.07, 6.45) is 4.21. The largest absolute Gasteiger partial charge is 0.207 e. The monoisotopic (exact) mass is 416 g/mol. The van der Waals surface area contributed by atoms with E-state index in [0.29, 0.717) is 17.9 Å². The highest BCUT2D eigenvalue weighted by Gasteiger charge is 2.22. The molecule has 1 aliphatic rings. The van der Waals surface area contributed by atoms with Crippen LogP contribution in [0, 0.1) is 35.0 Å². The molecule has 0 atom stereocenters. The Morgan fingerprint density at radius 1 is 0.633 bits per heavy atom. The number of hydrogen-bond acceptors (Lipinski definition) is 0. The molecule has 0 amide bonds. The number of hydrogen-bond donors (Lipinski definition) is 0. The SMILES string of the molecule is CC1CCC(c2ccc(-c3cc(F)c(-c4cc(F)cc(F)c4)c(F)c3)c(F)c2)CC1. The lowest BCUT2D eigenvalue weighted by Crippen LogP contribution is -2.11. The van der Waals surface area contributed by atoms with E-state index in [1.807, 2.05) is 6.07 Å². The lowest BCUT2D eigenvalue weighted by Gasteiger charge is -2.26. The van der Waals surface area contributed by atoms with Crippen molar-refractivity contribution >= 4 is 0 Å². The van der Waals surface area contributed by atoms with Gasteiger partial charge in [0.05, 0.1) is 5.56 Å². The Bertz CT molecular complexity index is 1040. The lowest BCUT2D eigenvalue weighted by molar-refractivity contribution is 0.347. The van der Waals surface area contributed by atoms with Gasteiger partial charge in [-0.15, -0.1) is 0 Å². The summed E-state index contributed by atoms with van der Waals surface area (Å²) in [6, 6.07) is 9.10. The first-order valence-corrected chi connectivity index (χ1v) is 10.1. The van der Waals surface area contributed by atoms with Gasteiger partial charge in [0, 0.05) is 11.6 Å². The van der Waals surface area contributed by atoms with Gasteiger partial charge in [-0.25, -0.2) is 22.0 Å². The molecule has 1 saturated carbocycles. The van der Waals surface area contributed by atoms with Gasteiger partial charge in [0.1, 0.15) is 29.1 Å². The fourth-order valence-electron chi connectivity index (χ4n) is 4.32. The van der Waals surface area contributed by atoms with E-state index in [-0.39, 0.29) is 16.7 Å². The van der Waals surface area contributed by atoms with Gasteiger partial charge in [0.25, 0.3) is 0 Å². The maximum Gasteiger partial charge on any atom is 0.134 e.